The summed E-state index contributed by atoms with van der Waals surface area (Å²) in [5.74, 6) is 0.0526. The zero-order valence-electron chi connectivity index (χ0n) is 11.9. The van der Waals surface area contributed by atoms with Crippen LogP contribution in [0.5, 0.6) is 5.88 Å². The standard InChI is InChI=1S/C13H19N3O5/c1-9-11(16(18)19)12(21-4-2-3-17)14-15(9)10-5-13(6-10)7-20-8-13/h10,17H,2-8H2,1H3. The summed E-state index contributed by atoms with van der Waals surface area (Å²) in [6, 6.07) is 0.183. The predicted molar refractivity (Wildman–Crippen MR) is 72.3 cm³/mol. The average molecular weight is 297 g/mol. The topological polar surface area (TPSA) is 99.7 Å². The number of aliphatic hydroxyl groups excluding tert-OH is 1. The van der Waals surface area contributed by atoms with Gasteiger partial charge in [0.2, 0.25) is 0 Å². The highest BCUT2D eigenvalue weighted by molar-refractivity contribution is 5.45. The van der Waals surface area contributed by atoms with Crippen molar-refractivity contribution in [2.24, 2.45) is 5.41 Å². The molecular weight excluding hydrogens is 278 g/mol. The van der Waals surface area contributed by atoms with E-state index in [1.807, 2.05) is 0 Å². The highest BCUT2D eigenvalue weighted by Gasteiger charge is 2.51. The van der Waals surface area contributed by atoms with Crippen LogP contribution in [0.4, 0.5) is 5.69 Å². The number of hydrogen-bond donors (Lipinski definition) is 1. The van der Waals surface area contributed by atoms with Crippen molar-refractivity contribution in [1.29, 1.82) is 0 Å². The van der Waals surface area contributed by atoms with Gasteiger partial charge in [-0.3, -0.25) is 14.8 Å². The zero-order valence-corrected chi connectivity index (χ0v) is 11.9. The molecule has 1 N–H and O–H groups in total. The Kier molecular flexibility index (Phi) is 3.58. The first-order valence-corrected chi connectivity index (χ1v) is 7.11. The molecule has 8 nitrogen and oxygen atoms in total. The number of rotatable bonds is 6. The van der Waals surface area contributed by atoms with Crippen molar-refractivity contribution in [2.45, 2.75) is 32.2 Å². The van der Waals surface area contributed by atoms with Crippen LogP contribution in [0.1, 0.15) is 31.0 Å². The van der Waals surface area contributed by atoms with Crippen molar-refractivity contribution in [1.82, 2.24) is 9.78 Å². The van der Waals surface area contributed by atoms with Gasteiger partial charge >= 0.3 is 11.6 Å². The molecule has 1 saturated carbocycles. The number of nitrogens with zero attached hydrogens (tertiary/aromatic N) is 3. The van der Waals surface area contributed by atoms with Crippen LogP contribution in [-0.4, -0.2) is 46.2 Å². The minimum absolute atomic E-state index is 0.0152. The zero-order chi connectivity index (χ0) is 15.0. The molecule has 0 bridgehead atoms. The van der Waals surface area contributed by atoms with Crippen LogP contribution in [0.2, 0.25) is 0 Å². The summed E-state index contributed by atoms with van der Waals surface area (Å²) in [6.45, 7) is 3.47. The summed E-state index contributed by atoms with van der Waals surface area (Å²) in [5, 5.41) is 24.3. The molecule has 0 atom stereocenters. The van der Waals surface area contributed by atoms with Gasteiger partial charge in [0.15, 0.2) is 0 Å². The van der Waals surface area contributed by atoms with Crippen molar-refractivity contribution in [2.75, 3.05) is 26.4 Å². The van der Waals surface area contributed by atoms with Gasteiger partial charge in [0, 0.05) is 18.4 Å². The van der Waals surface area contributed by atoms with E-state index in [1.54, 1.807) is 11.6 Å². The molecule has 1 aromatic heterocycles. The van der Waals surface area contributed by atoms with Gasteiger partial charge in [0.25, 0.3) is 0 Å². The molecule has 1 aromatic rings. The van der Waals surface area contributed by atoms with Crippen LogP contribution in [0.3, 0.4) is 0 Å². The molecule has 1 aliphatic carbocycles. The fourth-order valence-corrected chi connectivity index (χ4v) is 3.12. The average Bonchev–Trinajstić information content (AvgIpc) is 2.64. The molecule has 8 heteroatoms. The molecule has 3 rings (SSSR count). The van der Waals surface area contributed by atoms with Crippen molar-refractivity contribution in [3.05, 3.63) is 15.8 Å². The molecule has 0 amide bonds. The van der Waals surface area contributed by atoms with Gasteiger partial charge < -0.3 is 14.6 Å². The van der Waals surface area contributed by atoms with Crippen molar-refractivity contribution in [3.63, 3.8) is 0 Å². The minimum atomic E-state index is -0.450. The molecule has 116 valence electrons. The summed E-state index contributed by atoms with van der Waals surface area (Å²) < 4.78 is 12.3. The van der Waals surface area contributed by atoms with Crippen LogP contribution in [-0.2, 0) is 4.74 Å². The number of aliphatic hydroxyl groups is 1. The maximum absolute atomic E-state index is 11.2. The second kappa shape index (κ2) is 5.27. The van der Waals surface area contributed by atoms with E-state index in [9.17, 15) is 10.1 Å². The van der Waals surface area contributed by atoms with Gasteiger partial charge in [0.05, 0.1) is 30.8 Å². The highest BCUT2D eigenvalue weighted by atomic mass is 16.6. The lowest BCUT2D eigenvalue weighted by Gasteiger charge is -2.53. The smallest absolute Gasteiger partial charge is 0.352 e. The third-order valence-electron chi connectivity index (χ3n) is 4.31. The molecule has 0 aromatic carbocycles. The van der Waals surface area contributed by atoms with Crippen molar-refractivity contribution >= 4 is 5.69 Å². The van der Waals surface area contributed by atoms with Crippen LogP contribution in [0.15, 0.2) is 0 Å². The van der Waals surface area contributed by atoms with E-state index in [2.05, 4.69) is 5.10 Å². The molecule has 0 radical (unpaired) electrons. The Morgan fingerprint density at radius 1 is 1.57 bits per heavy atom. The third-order valence-corrected chi connectivity index (χ3v) is 4.31. The predicted octanol–water partition coefficient (Wildman–Crippen LogP) is 1.21. The van der Waals surface area contributed by atoms with Crippen LogP contribution in [0.25, 0.3) is 0 Å². The van der Waals surface area contributed by atoms with Gasteiger partial charge in [-0.05, 0) is 19.8 Å². The molecule has 1 spiro atoms. The Balaban J connectivity index is 1.77. The SMILES string of the molecule is Cc1c([N+](=O)[O-])c(OCCCO)nn1C1CC2(COC2)C1. The quantitative estimate of drug-likeness (QED) is 0.481. The van der Waals surface area contributed by atoms with Crippen molar-refractivity contribution < 1.29 is 19.5 Å². The Morgan fingerprint density at radius 2 is 2.29 bits per heavy atom. The lowest BCUT2D eigenvalue weighted by Crippen LogP contribution is -2.52. The maximum atomic E-state index is 11.2. The normalized spacial score (nSPS) is 20.1. The molecule has 21 heavy (non-hydrogen) atoms. The summed E-state index contributed by atoms with van der Waals surface area (Å²) in [6.07, 6.45) is 2.32. The van der Waals surface area contributed by atoms with Gasteiger partial charge in [-0.15, -0.1) is 5.10 Å². The molecule has 2 aliphatic rings. The Labute approximate surface area is 121 Å². The summed E-state index contributed by atoms with van der Waals surface area (Å²) >= 11 is 0. The van der Waals surface area contributed by atoms with Crippen LogP contribution in [0, 0.1) is 22.5 Å². The fourth-order valence-electron chi connectivity index (χ4n) is 3.12. The number of ether oxygens (including phenoxy) is 2. The van der Waals surface area contributed by atoms with E-state index < -0.39 is 4.92 Å². The first kappa shape index (κ1) is 14.3. The second-order valence-electron chi connectivity index (χ2n) is 5.92. The Bertz CT molecular complexity index is 544. The number of nitro groups is 1. The fraction of sp³-hybridized carbons (Fsp3) is 0.769. The van der Waals surface area contributed by atoms with E-state index in [1.165, 1.54) is 0 Å². The molecule has 2 heterocycles. The Morgan fingerprint density at radius 3 is 2.81 bits per heavy atom. The van der Waals surface area contributed by atoms with E-state index in [-0.39, 0.29) is 36.2 Å². The minimum Gasteiger partial charge on any atom is -0.472 e. The van der Waals surface area contributed by atoms with Crippen LogP contribution >= 0.6 is 0 Å². The summed E-state index contributed by atoms with van der Waals surface area (Å²) in [4.78, 5) is 10.8. The van der Waals surface area contributed by atoms with Gasteiger partial charge in [-0.1, -0.05) is 0 Å². The summed E-state index contributed by atoms with van der Waals surface area (Å²) in [7, 11) is 0. The number of hydrogen-bond acceptors (Lipinski definition) is 6. The second-order valence-corrected chi connectivity index (χ2v) is 5.92. The molecular formula is C13H19N3O5. The molecule has 0 unspecified atom stereocenters. The van der Waals surface area contributed by atoms with E-state index in [4.69, 9.17) is 14.6 Å². The van der Waals surface area contributed by atoms with Gasteiger partial charge in [-0.25, -0.2) is 0 Å². The first-order chi connectivity index (χ1) is 10.1. The largest absolute Gasteiger partial charge is 0.472 e. The highest BCUT2D eigenvalue weighted by Crippen LogP contribution is 2.53. The van der Waals surface area contributed by atoms with Crippen LogP contribution < -0.4 is 4.74 Å². The van der Waals surface area contributed by atoms with E-state index in [0.717, 1.165) is 26.1 Å². The number of aromatic nitrogens is 2. The Hall–Kier alpha value is -1.67. The lowest BCUT2D eigenvalue weighted by atomic mass is 9.64. The first-order valence-electron chi connectivity index (χ1n) is 7.11. The van der Waals surface area contributed by atoms with Crippen molar-refractivity contribution in [3.8, 4) is 5.88 Å². The van der Waals surface area contributed by atoms with E-state index in [0.29, 0.717) is 12.1 Å². The van der Waals surface area contributed by atoms with E-state index >= 15 is 0 Å². The maximum Gasteiger partial charge on any atom is 0.352 e. The lowest BCUT2D eigenvalue weighted by molar-refractivity contribution is -0.386. The third kappa shape index (κ3) is 2.38. The monoisotopic (exact) mass is 297 g/mol. The van der Waals surface area contributed by atoms with Gasteiger partial charge in [0.1, 0.15) is 5.69 Å². The molecule has 1 aliphatic heterocycles. The molecule has 2 fully saturated rings. The molecule has 1 saturated heterocycles. The van der Waals surface area contributed by atoms with Gasteiger partial charge in [-0.2, -0.15) is 0 Å². The summed E-state index contributed by atoms with van der Waals surface area (Å²) in [5.41, 5.74) is 0.730.